The Kier molecular flexibility index (Phi) is 2.79. The zero-order valence-electron chi connectivity index (χ0n) is 10.7. The van der Waals surface area contributed by atoms with Crippen molar-refractivity contribution in [1.82, 2.24) is 5.32 Å². The van der Waals surface area contributed by atoms with E-state index >= 15 is 0 Å². The van der Waals surface area contributed by atoms with E-state index < -0.39 is 0 Å². The van der Waals surface area contributed by atoms with Crippen LogP contribution in [0.3, 0.4) is 0 Å². The highest BCUT2D eigenvalue weighted by Gasteiger charge is 2.50. The van der Waals surface area contributed by atoms with Crippen LogP contribution in [0.4, 0.5) is 4.39 Å². The lowest BCUT2D eigenvalue weighted by Gasteiger charge is -2.51. The Balaban J connectivity index is 1.89. The third-order valence-corrected chi connectivity index (χ3v) is 4.13. The van der Waals surface area contributed by atoms with Gasteiger partial charge in [-0.05, 0) is 13.1 Å². The van der Waals surface area contributed by atoms with Crippen LogP contribution < -0.4 is 10.1 Å². The lowest BCUT2D eigenvalue weighted by molar-refractivity contribution is -0.125. The molecule has 0 saturated heterocycles. The minimum absolute atomic E-state index is 0.171. The maximum atomic E-state index is 13.3. The first kappa shape index (κ1) is 11.9. The fraction of sp³-hybridized carbons (Fsp3) is 0.571. The molecule has 3 rings (SSSR count). The number of hydrogen-bond donors (Lipinski definition) is 1. The Labute approximate surface area is 106 Å². The van der Waals surface area contributed by atoms with Crippen LogP contribution in [0.1, 0.15) is 30.9 Å². The van der Waals surface area contributed by atoms with Crippen LogP contribution in [0.5, 0.6) is 5.75 Å². The summed E-state index contributed by atoms with van der Waals surface area (Å²) in [6, 6.07) is 5.02. The molecular weight excluding hydrogens is 233 g/mol. The largest absolute Gasteiger partial charge is 0.487 e. The van der Waals surface area contributed by atoms with Crippen LogP contribution in [-0.4, -0.2) is 25.9 Å². The molecular formula is C14H18FNO2. The third-order valence-electron chi connectivity index (χ3n) is 4.13. The number of halogens is 1. The summed E-state index contributed by atoms with van der Waals surface area (Å²) in [5, 5.41) is 3.29. The summed E-state index contributed by atoms with van der Waals surface area (Å²) in [6.45, 7) is 0. The number of methoxy groups -OCH3 is 1. The molecule has 0 bridgehead atoms. The van der Waals surface area contributed by atoms with Gasteiger partial charge >= 0.3 is 0 Å². The summed E-state index contributed by atoms with van der Waals surface area (Å²) in [4.78, 5) is 0. The van der Waals surface area contributed by atoms with Crippen molar-refractivity contribution in [3.05, 3.63) is 29.6 Å². The molecule has 18 heavy (non-hydrogen) atoms. The van der Waals surface area contributed by atoms with Gasteiger partial charge in [0.25, 0.3) is 0 Å². The number of rotatable bonds is 2. The summed E-state index contributed by atoms with van der Waals surface area (Å²) in [7, 11) is 3.66. The molecule has 0 aromatic heterocycles. The van der Waals surface area contributed by atoms with Crippen LogP contribution in [0.25, 0.3) is 0 Å². The first-order valence-electron chi connectivity index (χ1n) is 6.34. The molecule has 0 radical (unpaired) electrons. The number of nitrogens with one attached hydrogen (secondary N) is 1. The Morgan fingerprint density at radius 2 is 2.17 bits per heavy atom. The lowest BCUT2D eigenvalue weighted by atomic mass is 9.71. The highest BCUT2D eigenvalue weighted by molar-refractivity contribution is 5.40. The monoisotopic (exact) mass is 251 g/mol. The second-order valence-electron chi connectivity index (χ2n) is 5.28. The SMILES string of the molecule is CNC1CC2(CC(OC)C2)Oc2cc(F)ccc21. The zero-order chi connectivity index (χ0) is 12.8. The van der Waals surface area contributed by atoms with Crippen molar-refractivity contribution in [1.29, 1.82) is 0 Å². The average molecular weight is 251 g/mol. The van der Waals surface area contributed by atoms with Crippen LogP contribution in [0.2, 0.25) is 0 Å². The van der Waals surface area contributed by atoms with Crippen molar-refractivity contribution in [3.63, 3.8) is 0 Å². The van der Waals surface area contributed by atoms with Gasteiger partial charge in [-0.3, -0.25) is 0 Å². The Morgan fingerprint density at radius 3 is 2.83 bits per heavy atom. The van der Waals surface area contributed by atoms with E-state index in [4.69, 9.17) is 9.47 Å². The predicted octanol–water partition coefficient (Wildman–Crippen LogP) is 2.42. The standard InChI is InChI=1S/C14H18FNO2/c1-16-12-8-14(6-10(7-14)17-2)18-13-5-9(15)3-4-11(12)13/h3-5,10,12,16H,6-8H2,1-2H3. The van der Waals surface area contributed by atoms with Gasteiger partial charge in [0.15, 0.2) is 0 Å². The molecule has 1 aliphatic carbocycles. The van der Waals surface area contributed by atoms with Crippen LogP contribution >= 0.6 is 0 Å². The second-order valence-corrected chi connectivity index (χ2v) is 5.28. The van der Waals surface area contributed by atoms with E-state index in [9.17, 15) is 4.39 Å². The minimum atomic E-state index is -0.247. The van der Waals surface area contributed by atoms with Crippen LogP contribution in [0.15, 0.2) is 18.2 Å². The van der Waals surface area contributed by atoms with Gasteiger partial charge in [-0.15, -0.1) is 0 Å². The molecule has 1 aromatic carbocycles. The molecule has 1 N–H and O–H groups in total. The molecule has 1 heterocycles. The normalized spacial score (nSPS) is 33.7. The van der Waals surface area contributed by atoms with Gasteiger partial charge in [-0.2, -0.15) is 0 Å². The quantitative estimate of drug-likeness (QED) is 0.875. The minimum Gasteiger partial charge on any atom is -0.487 e. The van der Waals surface area contributed by atoms with Crippen molar-refractivity contribution >= 4 is 0 Å². The van der Waals surface area contributed by atoms with Crippen molar-refractivity contribution < 1.29 is 13.9 Å². The van der Waals surface area contributed by atoms with Gasteiger partial charge in [-0.25, -0.2) is 4.39 Å². The molecule has 2 aliphatic rings. The second kappa shape index (κ2) is 4.21. The molecule has 1 aromatic rings. The van der Waals surface area contributed by atoms with E-state index in [1.54, 1.807) is 7.11 Å². The van der Waals surface area contributed by atoms with Gasteiger partial charge in [0.05, 0.1) is 6.10 Å². The molecule has 1 saturated carbocycles. The number of fused-ring (bicyclic) bond motifs is 1. The van der Waals surface area contributed by atoms with Gasteiger partial charge in [0.2, 0.25) is 0 Å². The first-order valence-corrected chi connectivity index (χ1v) is 6.34. The fourth-order valence-electron chi connectivity index (χ4n) is 3.09. The van der Waals surface area contributed by atoms with Crippen LogP contribution in [0, 0.1) is 5.82 Å². The third kappa shape index (κ3) is 1.80. The Bertz CT molecular complexity index is 457. The molecule has 1 aliphatic heterocycles. The maximum Gasteiger partial charge on any atom is 0.127 e. The molecule has 4 heteroatoms. The number of hydrogen-bond acceptors (Lipinski definition) is 3. The number of benzene rings is 1. The molecule has 1 spiro atoms. The van der Waals surface area contributed by atoms with Crippen molar-refractivity contribution in [2.45, 2.75) is 37.0 Å². The maximum absolute atomic E-state index is 13.3. The van der Waals surface area contributed by atoms with Gasteiger partial charge in [-0.1, -0.05) is 6.07 Å². The molecule has 1 fully saturated rings. The smallest absolute Gasteiger partial charge is 0.127 e. The summed E-state index contributed by atoms with van der Waals surface area (Å²) < 4.78 is 24.7. The highest BCUT2D eigenvalue weighted by Crippen LogP contribution is 2.49. The summed E-state index contributed by atoms with van der Waals surface area (Å²) in [5.74, 6) is 0.429. The summed E-state index contributed by atoms with van der Waals surface area (Å²) in [5.41, 5.74) is 0.875. The summed E-state index contributed by atoms with van der Waals surface area (Å²) in [6.07, 6.45) is 2.97. The molecule has 1 unspecified atom stereocenters. The Morgan fingerprint density at radius 1 is 1.39 bits per heavy atom. The van der Waals surface area contributed by atoms with E-state index in [1.807, 2.05) is 13.1 Å². The van der Waals surface area contributed by atoms with Crippen molar-refractivity contribution in [2.24, 2.45) is 0 Å². The molecule has 98 valence electrons. The van der Waals surface area contributed by atoms with Crippen molar-refractivity contribution in [2.75, 3.05) is 14.2 Å². The van der Waals surface area contributed by atoms with Gasteiger partial charge < -0.3 is 14.8 Å². The van der Waals surface area contributed by atoms with E-state index in [0.29, 0.717) is 5.75 Å². The highest BCUT2D eigenvalue weighted by atomic mass is 19.1. The van der Waals surface area contributed by atoms with Gasteiger partial charge in [0.1, 0.15) is 17.2 Å². The average Bonchev–Trinajstić information content (AvgIpc) is 2.33. The first-order chi connectivity index (χ1) is 8.65. The van der Waals surface area contributed by atoms with Crippen molar-refractivity contribution in [3.8, 4) is 5.75 Å². The fourth-order valence-corrected chi connectivity index (χ4v) is 3.09. The summed E-state index contributed by atoms with van der Waals surface area (Å²) >= 11 is 0. The van der Waals surface area contributed by atoms with E-state index in [-0.39, 0.29) is 23.6 Å². The number of ether oxygens (including phenoxy) is 2. The lowest BCUT2D eigenvalue weighted by Crippen LogP contribution is -2.55. The van der Waals surface area contributed by atoms with E-state index in [0.717, 1.165) is 24.8 Å². The molecule has 0 amide bonds. The Hall–Kier alpha value is -1.13. The topological polar surface area (TPSA) is 30.5 Å². The van der Waals surface area contributed by atoms with Gasteiger partial charge in [0, 0.05) is 44.0 Å². The van der Waals surface area contributed by atoms with Crippen LogP contribution in [-0.2, 0) is 4.74 Å². The molecule has 3 nitrogen and oxygen atoms in total. The van der Waals surface area contributed by atoms with E-state index in [1.165, 1.54) is 12.1 Å². The zero-order valence-corrected chi connectivity index (χ0v) is 10.7. The predicted molar refractivity (Wildman–Crippen MR) is 66.2 cm³/mol. The van der Waals surface area contributed by atoms with E-state index in [2.05, 4.69) is 5.32 Å². The molecule has 1 atom stereocenters.